The number of amides is 2. The van der Waals surface area contributed by atoms with Gasteiger partial charge in [-0.25, -0.2) is 0 Å². The van der Waals surface area contributed by atoms with Gasteiger partial charge in [0.25, 0.3) is 0 Å². The lowest BCUT2D eigenvalue weighted by atomic mass is 9.94. The fourth-order valence-electron chi connectivity index (χ4n) is 2.10. The maximum absolute atomic E-state index is 12.4. The Kier molecular flexibility index (Phi) is 3.43. The second-order valence-corrected chi connectivity index (χ2v) is 5.92. The van der Waals surface area contributed by atoms with Crippen LogP contribution in [0.1, 0.15) is 30.7 Å². The summed E-state index contributed by atoms with van der Waals surface area (Å²) in [6.45, 7) is 6.43. The van der Waals surface area contributed by atoms with Gasteiger partial charge in [-0.1, -0.05) is 6.92 Å². The minimum atomic E-state index is -0.750. The van der Waals surface area contributed by atoms with Gasteiger partial charge < -0.3 is 10.2 Å². The smallest absolute Gasteiger partial charge is 0.248 e. The van der Waals surface area contributed by atoms with Crippen molar-refractivity contribution >= 4 is 23.2 Å². The van der Waals surface area contributed by atoms with E-state index in [1.807, 2.05) is 25.3 Å². The maximum atomic E-state index is 12.4. The Balaban J connectivity index is 2.20. The molecule has 0 aliphatic carbocycles. The standard InChI is InChI=1S/C13H18N2O2S/c1-4-13(3)12(17)15(8-11(16)14-13)7-10-9(2)5-6-18-10/h5-6H,4,7-8H2,1-3H3,(H,14,16). The number of hydrogen-bond donors (Lipinski definition) is 1. The van der Waals surface area contributed by atoms with Crippen LogP contribution in [0.5, 0.6) is 0 Å². The summed E-state index contributed by atoms with van der Waals surface area (Å²) in [6, 6.07) is 2.04. The number of carbonyl (C=O) groups is 2. The van der Waals surface area contributed by atoms with Gasteiger partial charge in [-0.2, -0.15) is 0 Å². The first-order valence-corrected chi connectivity index (χ1v) is 6.97. The van der Waals surface area contributed by atoms with Crippen molar-refractivity contribution in [1.29, 1.82) is 0 Å². The van der Waals surface area contributed by atoms with Crippen LogP contribution in [0, 0.1) is 6.92 Å². The average Bonchev–Trinajstić information content (AvgIpc) is 2.71. The largest absolute Gasteiger partial charge is 0.340 e. The highest BCUT2D eigenvalue weighted by Gasteiger charge is 2.41. The van der Waals surface area contributed by atoms with Crippen molar-refractivity contribution in [3.8, 4) is 0 Å². The van der Waals surface area contributed by atoms with Gasteiger partial charge in [0, 0.05) is 4.88 Å². The highest BCUT2D eigenvalue weighted by molar-refractivity contribution is 7.10. The third kappa shape index (κ3) is 2.27. The average molecular weight is 266 g/mol. The summed E-state index contributed by atoms with van der Waals surface area (Å²) < 4.78 is 0. The molecular weight excluding hydrogens is 248 g/mol. The van der Waals surface area contributed by atoms with Crippen LogP contribution >= 0.6 is 11.3 Å². The molecule has 1 fully saturated rings. The van der Waals surface area contributed by atoms with Crippen LogP contribution in [0.15, 0.2) is 11.4 Å². The molecule has 0 radical (unpaired) electrons. The third-order valence-electron chi connectivity index (χ3n) is 3.52. The molecule has 1 atom stereocenters. The van der Waals surface area contributed by atoms with Crippen LogP contribution in [0.2, 0.25) is 0 Å². The molecule has 2 amide bonds. The number of nitrogens with one attached hydrogen (secondary N) is 1. The Morgan fingerprint density at radius 2 is 2.22 bits per heavy atom. The molecule has 1 aliphatic heterocycles. The molecule has 0 saturated carbocycles. The second-order valence-electron chi connectivity index (χ2n) is 4.92. The van der Waals surface area contributed by atoms with Crippen LogP contribution in [-0.2, 0) is 16.1 Å². The summed E-state index contributed by atoms with van der Waals surface area (Å²) in [4.78, 5) is 26.9. The number of hydrogen-bond acceptors (Lipinski definition) is 3. The SMILES string of the molecule is CCC1(C)NC(=O)CN(Cc2sccc2C)C1=O. The molecule has 98 valence electrons. The van der Waals surface area contributed by atoms with E-state index in [0.29, 0.717) is 13.0 Å². The van der Waals surface area contributed by atoms with E-state index in [-0.39, 0.29) is 18.4 Å². The number of rotatable bonds is 3. The van der Waals surface area contributed by atoms with Crippen molar-refractivity contribution in [3.05, 3.63) is 21.9 Å². The van der Waals surface area contributed by atoms with Crippen LogP contribution in [0.4, 0.5) is 0 Å². The van der Waals surface area contributed by atoms with E-state index in [0.717, 1.165) is 4.88 Å². The fourth-order valence-corrected chi connectivity index (χ4v) is 3.02. The Morgan fingerprint density at radius 3 is 2.78 bits per heavy atom. The molecule has 1 aliphatic rings. The Labute approximate surface area is 111 Å². The molecule has 18 heavy (non-hydrogen) atoms. The highest BCUT2D eigenvalue weighted by Crippen LogP contribution is 2.23. The van der Waals surface area contributed by atoms with E-state index < -0.39 is 5.54 Å². The first kappa shape index (κ1) is 13.1. The molecule has 0 bridgehead atoms. The molecule has 2 rings (SSSR count). The Morgan fingerprint density at radius 1 is 1.50 bits per heavy atom. The van der Waals surface area contributed by atoms with Gasteiger partial charge in [0.1, 0.15) is 12.1 Å². The topological polar surface area (TPSA) is 49.4 Å². The molecule has 1 unspecified atom stereocenters. The fraction of sp³-hybridized carbons (Fsp3) is 0.538. The molecule has 0 spiro atoms. The van der Waals surface area contributed by atoms with E-state index in [4.69, 9.17) is 0 Å². The summed E-state index contributed by atoms with van der Waals surface area (Å²) in [6.07, 6.45) is 0.609. The van der Waals surface area contributed by atoms with Gasteiger partial charge in [0.2, 0.25) is 11.8 Å². The molecule has 5 heteroatoms. The lowest BCUT2D eigenvalue weighted by molar-refractivity contribution is -0.149. The third-order valence-corrected chi connectivity index (χ3v) is 4.53. The summed E-state index contributed by atoms with van der Waals surface area (Å²) in [5.41, 5.74) is 0.428. The molecule has 1 aromatic heterocycles. The van der Waals surface area contributed by atoms with Crippen molar-refractivity contribution in [2.75, 3.05) is 6.54 Å². The normalized spacial score (nSPS) is 24.3. The minimum absolute atomic E-state index is 0.0115. The zero-order chi connectivity index (χ0) is 13.3. The molecule has 1 aromatic rings. The summed E-state index contributed by atoms with van der Waals surface area (Å²) in [5.74, 6) is -0.0643. The number of aryl methyl sites for hydroxylation is 1. The predicted octanol–water partition coefficient (Wildman–Crippen LogP) is 1.68. The first-order valence-electron chi connectivity index (χ1n) is 6.09. The zero-order valence-corrected chi connectivity index (χ0v) is 11.8. The van der Waals surface area contributed by atoms with Crippen LogP contribution < -0.4 is 5.32 Å². The second kappa shape index (κ2) is 4.72. The molecule has 0 aromatic carbocycles. The monoisotopic (exact) mass is 266 g/mol. The van der Waals surface area contributed by atoms with Crippen molar-refractivity contribution in [2.45, 2.75) is 39.3 Å². The first-order chi connectivity index (χ1) is 8.46. The molecule has 1 N–H and O–H groups in total. The zero-order valence-electron chi connectivity index (χ0n) is 10.9. The van der Waals surface area contributed by atoms with E-state index in [9.17, 15) is 9.59 Å². The van der Waals surface area contributed by atoms with Crippen molar-refractivity contribution in [2.24, 2.45) is 0 Å². The molecule has 1 saturated heterocycles. The predicted molar refractivity (Wildman–Crippen MR) is 71.3 cm³/mol. The van der Waals surface area contributed by atoms with Crippen molar-refractivity contribution in [1.82, 2.24) is 10.2 Å². The molecule has 4 nitrogen and oxygen atoms in total. The van der Waals surface area contributed by atoms with Crippen molar-refractivity contribution < 1.29 is 9.59 Å². The minimum Gasteiger partial charge on any atom is -0.340 e. The lowest BCUT2D eigenvalue weighted by Crippen LogP contribution is -2.64. The summed E-state index contributed by atoms with van der Waals surface area (Å²) in [5, 5.41) is 4.80. The van der Waals surface area contributed by atoms with Gasteiger partial charge in [-0.05, 0) is 37.3 Å². The van der Waals surface area contributed by atoms with Crippen LogP contribution in [0.25, 0.3) is 0 Å². The van der Waals surface area contributed by atoms with E-state index in [1.165, 1.54) is 5.56 Å². The van der Waals surface area contributed by atoms with E-state index >= 15 is 0 Å². The van der Waals surface area contributed by atoms with E-state index in [2.05, 4.69) is 5.32 Å². The Hall–Kier alpha value is -1.36. The van der Waals surface area contributed by atoms with Gasteiger partial charge in [-0.15, -0.1) is 11.3 Å². The maximum Gasteiger partial charge on any atom is 0.248 e. The van der Waals surface area contributed by atoms with Gasteiger partial charge in [0.15, 0.2) is 0 Å². The molecular formula is C13H18N2O2S. The van der Waals surface area contributed by atoms with Crippen molar-refractivity contribution in [3.63, 3.8) is 0 Å². The lowest BCUT2D eigenvalue weighted by Gasteiger charge is -2.39. The van der Waals surface area contributed by atoms with Gasteiger partial charge in [0.05, 0.1) is 6.54 Å². The highest BCUT2D eigenvalue weighted by atomic mass is 32.1. The van der Waals surface area contributed by atoms with Crippen LogP contribution in [0.3, 0.4) is 0 Å². The Bertz CT molecular complexity index is 483. The van der Waals surface area contributed by atoms with Gasteiger partial charge >= 0.3 is 0 Å². The molecule has 2 heterocycles. The van der Waals surface area contributed by atoms with E-state index in [1.54, 1.807) is 23.2 Å². The van der Waals surface area contributed by atoms with Gasteiger partial charge in [-0.3, -0.25) is 9.59 Å². The van der Waals surface area contributed by atoms with Crippen LogP contribution in [-0.4, -0.2) is 28.8 Å². The quantitative estimate of drug-likeness (QED) is 0.905. The summed E-state index contributed by atoms with van der Waals surface area (Å²) in [7, 11) is 0. The number of piperazine rings is 1. The number of carbonyl (C=O) groups excluding carboxylic acids is 2. The number of thiophene rings is 1. The number of nitrogens with zero attached hydrogens (tertiary/aromatic N) is 1. The summed E-state index contributed by atoms with van der Waals surface area (Å²) >= 11 is 1.63.